The highest BCUT2D eigenvalue weighted by Crippen LogP contribution is 2.19. The summed E-state index contributed by atoms with van der Waals surface area (Å²) >= 11 is 6.04. The van der Waals surface area contributed by atoms with Crippen LogP contribution in [0.25, 0.3) is 10.9 Å². The van der Waals surface area contributed by atoms with Gasteiger partial charge in [-0.05, 0) is 31.2 Å². The number of rotatable bonds is 6. The number of fused-ring (bicyclic) bond motifs is 1. The number of nitrogens with one attached hydrogen (secondary N) is 1. The van der Waals surface area contributed by atoms with Crippen molar-refractivity contribution in [3.8, 4) is 5.75 Å². The fourth-order valence-corrected chi connectivity index (χ4v) is 2.58. The highest BCUT2D eigenvalue weighted by Gasteiger charge is 2.34. The Hall–Kier alpha value is -3.19. The summed E-state index contributed by atoms with van der Waals surface area (Å²) in [6, 6.07) is 13.9. The Balaban J connectivity index is 1.80. The molecule has 0 spiro atoms. The standard InChI is InChI=1S/C19H17ClN4O3/c1-19(18(21)26,11-27-13-5-3-2-4-6-13)24-17(25)14-8-7-12-9-10-22-16(20)15(12)23-14/h2-10H,11H2,1H3,(H2,21,26)(H,24,25). The van der Waals surface area contributed by atoms with Crippen LogP contribution in [0.5, 0.6) is 5.75 Å². The minimum absolute atomic E-state index is 0.0876. The van der Waals surface area contributed by atoms with Gasteiger partial charge in [0.25, 0.3) is 5.91 Å². The van der Waals surface area contributed by atoms with Gasteiger partial charge >= 0.3 is 0 Å². The number of halogens is 1. The molecule has 2 aromatic heterocycles. The lowest BCUT2D eigenvalue weighted by atomic mass is 10.0. The molecule has 1 aromatic carbocycles. The predicted molar refractivity (Wildman–Crippen MR) is 102 cm³/mol. The number of pyridine rings is 2. The largest absolute Gasteiger partial charge is 0.491 e. The summed E-state index contributed by atoms with van der Waals surface area (Å²) in [5.74, 6) is -0.747. The average molecular weight is 385 g/mol. The van der Waals surface area contributed by atoms with E-state index in [0.29, 0.717) is 11.3 Å². The van der Waals surface area contributed by atoms with Crippen LogP contribution in [0, 0.1) is 0 Å². The van der Waals surface area contributed by atoms with Crippen molar-refractivity contribution in [2.24, 2.45) is 5.73 Å². The van der Waals surface area contributed by atoms with Crippen molar-refractivity contribution in [3.05, 3.63) is 65.6 Å². The van der Waals surface area contributed by atoms with Gasteiger partial charge in [-0.15, -0.1) is 0 Å². The summed E-state index contributed by atoms with van der Waals surface area (Å²) in [4.78, 5) is 32.8. The van der Waals surface area contributed by atoms with Crippen molar-refractivity contribution in [2.45, 2.75) is 12.5 Å². The van der Waals surface area contributed by atoms with E-state index in [-0.39, 0.29) is 17.5 Å². The summed E-state index contributed by atoms with van der Waals surface area (Å²) in [5, 5.41) is 3.53. The first-order chi connectivity index (χ1) is 12.9. The molecule has 8 heteroatoms. The number of hydrogen-bond donors (Lipinski definition) is 2. The number of primary amides is 1. The Bertz CT molecular complexity index is 997. The van der Waals surface area contributed by atoms with Gasteiger partial charge in [0.05, 0.1) is 0 Å². The lowest BCUT2D eigenvalue weighted by molar-refractivity contribution is -0.124. The van der Waals surface area contributed by atoms with Crippen molar-refractivity contribution < 1.29 is 14.3 Å². The van der Waals surface area contributed by atoms with E-state index >= 15 is 0 Å². The zero-order valence-electron chi connectivity index (χ0n) is 14.5. The van der Waals surface area contributed by atoms with Crippen molar-refractivity contribution >= 4 is 34.3 Å². The van der Waals surface area contributed by atoms with Gasteiger partial charge < -0.3 is 15.8 Å². The van der Waals surface area contributed by atoms with Gasteiger partial charge in [-0.2, -0.15) is 0 Å². The number of carbonyl (C=O) groups excluding carboxylic acids is 2. The number of ether oxygens (including phenoxy) is 1. The zero-order valence-corrected chi connectivity index (χ0v) is 15.2. The number of nitrogens with zero attached hydrogens (tertiary/aromatic N) is 2. The molecule has 1 unspecified atom stereocenters. The van der Waals surface area contributed by atoms with Crippen LogP contribution in [0.2, 0.25) is 5.15 Å². The molecule has 3 N–H and O–H groups in total. The molecule has 0 saturated heterocycles. The van der Waals surface area contributed by atoms with Gasteiger partial charge in [0.1, 0.15) is 23.6 Å². The molecule has 3 rings (SSSR count). The molecule has 0 aliphatic heterocycles. The molecule has 0 radical (unpaired) electrons. The molecular formula is C19H17ClN4O3. The summed E-state index contributed by atoms with van der Waals surface area (Å²) in [6.07, 6.45) is 1.55. The third kappa shape index (κ3) is 4.15. The molecule has 3 aromatic rings. The van der Waals surface area contributed by atoms with Crippen molar-refractivity contribution in [3.63, 3.8) is 0 Å². The monoisotopic (exact) mass is 384 g/mol. The number of hydrogen-bond acceptors (Lipinski definition) is 5. The predicted octanol–water partition coefficient (Wildman–Crippen LogP) is 2.34. The Labute approximate surface area is 160 Å². The molecular weight excluding hydrogens is 368 g/mol. The van der Waals surface area contributed by atoms with Gasteiger partial charge in [0, 0.05) is 11.6 Å². The van der Waals surface area contributed by atoms with Crippen LogP contribution in [0.4, 0.5) is 0 Å². The van der Waals surface area contributed by atoms with Gasteiger partial charge in [-0.3, -0.25) is 9.59 Å². The van der Waals surface area contributed by atoms with Gasteiger partial charge in [0.15, 0.2) is 10.7 Å². The highest BCUT2D eigenvalue weighted by molar-refractivity contribution is 6.33. The van der Waals surface area contributed by atoms with Crippen molar-refractivity contribution in [2.75, 3.05) is 6.61 Å². The van der Waals surface area contributed by atoms with E-state index in [9.17, 15) is 9.59 Å². The molecule has 0 aliphatic carbocycles. The first kappa shape index (κ1) is 18.6. The van der Waals surface area contributed by atoms with Crippen LogP contribution in [0.1, 0.15) is 17.4 Å². The molecule has 1 atom stereocenters. The fraction of sp³-hybridized carbons (Fsp3) is 0.158. The number of nitrogens with two attached hydrogens (primary N) is 1. The molecule has 0 saturated carbocycles. The molecule has 27 heavy (non-hydrogen) atoms. The molecule has 2 amide bonds. The Morgan fingerprint density at radius 2 is 1.93 bits per heavy atom. The van der Waals surface area contributed by atoms with Crippen LogP contribution >= 0.6 is 11.6 Å². The van der Waals surface area contributed by atoms with E-state index in [1.807, 2.05) is 6.07 Å². The summed E-state index contributed by atoms with van der Waals surface area (Å²) < 4.78 is 5.59. The first-order valence-corrected chi connectivity index (χ1v) is 8.48. The topological polar surface area (TPSA) is 107 Å². The van der Waals surface area contributed by atoms with E-state index in [1.165, 1.54) is 13.0 Å². The second-order valence-electron chi connectivity index (χ2n) is 6.12. The molecule has 0 fully saturated rings. The number of para-hydroxylation sites is 1. The quantitative estimate of drug-likeness (QED) is 0.634. The molecule has 2 heterocycles. The maximum atomic E-state index is 12.6. The Morgan fingerprint density at radius 1 is 1.19 bits per heavy atom. The summed E-state index contributed by atoms with van der Waals surface area (Å²) in [6.45, 7) is 1.36. The Morgan fingerprint density at radius 3 is 2.63 bits per heavy atom. The summed E-state index contributed by atoms with van der Waals surface area (Å²) in [5.41, 5.74) is 4.55. The van der Waals surface area contributed by atoms with Crippen molar-refractivity contribution in [1.82, 2.24) is 15.3 Å². The lowest BCUT2D eigenvalue weighted by Gasteiger charge is -2.27. The molecule has 0 aliphatic rings. The van der Waals surface area contributed by atoms with Crippen LogP contribution in [0.3, 0.4) is 0 Å². The van der Waals surface area contributed by atoms with E-state index in [4.69, 9.17) is 22.1 Å². The van der Waals surface area contributed by atoms with Crippen LogP contribution in [-0.4, -0.2) is 33.9 Å². The third-order valence-corrected chi connectivity index (χ3v) is 4.28. The maximum Gasteiger partial charge on any atom is 0.270 e. The van der Waals surface area contributed by atoms with Gasteiger partial charge in [-0.1, -0.05) is 35.9 Å². The number of carbonyl (C=O) groups is 2. The SMILES string of the molecule is CC(COc1ccccc1)(NC(=O)c1ccc2ccnc(Cl)c2n1)C(N)=O. The second-order valence-corrected chi connectivity index (χ2v) is 6.48. The van der Waals surface area contributed by atoms with Crippen LogP contribution < -0.4 is 15.8 Å². The fourth-order valence-electron chi connectivity index (χ4n) is 2.37. The van der Waals surface area contributed by atoms with Gasteiger partial charge in [-0.25, -0.2) is 9.97 Å². The minimum Gasteiger partial charge on any atom is -0.491 e. The molecule has 7 nitrogen and oxygen atoms in total. The van der Waals surface area contributed by atoms with E-state index in [0.717, 1.165) is 5.39 Å². The van der Waals surface area contributed by atoms with Crippen LogP contribution in [0.15, 0.2) is 54.7 Å². The summed E-state index contributed by atoms with van der Waals surface area (Å²) in [7, 11) is 0. The van der Waals surface area contributed by atoms with E-state index in [1.54, 1.807) is 42.6 Å². The molecule has 138 valence electrons. The normalized spacial score (nSPS) is 13.0. The van der Waals surface area contributed by atoms with Crippen molar-refractivity contribution in [1.29, 1.82) is 0 Å². The minimum atomic E-state index is -1.43. The van der Waals surface area contributed by atoms with Gasteiger partial charge in [0.2, 0.25) is 5.91 Å². The van der Waals surface area contributed by atoms with E-state index in [2.05, 4.69) is 15.3 Å². The smallest absolute Gasteiger partial charge is 0.270 e. The number of amides is 2. The first-order valence-electron chi connectivity index (χ1n) is 8.10. The van der Waals surface area contributed by atoms with E-state index < -0.39 is 17.4 Å². The highest BCUT2D eigenvalue weighted by atomic mass is 35.5. The number of aromatic nitrogens is 2. The zero-order chi connectivity index (χ0) is 19.4. The van der Waals surface area contributed by atoms with Crippen LogP contribution in [-0.2, 0) is 4.79 Å². The third-order valence-electron chi connectivity index (χ3n) is 4.00. The number of benzene rings is 1. The lowest BCUT2D eigenvalue weighted by Crippen LogP contribution is -2.59. The second kappa shape index (κ2) is 7.59. The maximum absolute atomic E-state index is 12.6. The molecule has 0 bridgehead atoms. The average Bonchev–Trinajstić information content (AvgIpc) is 2.67. The Kier molecular flexibility index (Phi) is 5.23.